The van der Waals surface area contributed by atoms with Gasteiger partial charge in [0.15, 0.2) is 0 Å². The van der Waals surface area contributed by atoms with Crippen molar-refractivity contribution in [2.75, 3.05) is 37.0 Å². The highest BCUT2D eigenvalue weighted by atomic mass is 19.1. The Kier molecular flexibility index (Phi) is 5.78. The maximum Gasteiger partial charge on any atom is 0.337 e. The number of anilines is 2. The molecular formula is C16H22FN3O3. The lowest BCUT2D eigenvalue weighted by Crippen LogP contribution is -2.36. The fraction of sp³-hybridized carbons (Fsp3) is 0.500. The number of hydrogen-bond donors (Lipinski definition) is 2. The van der Waals surface area contributed by atoms with E-state index in [0.717, 1.165) is 0 Å². The zero-order valence-corrected chi connectivity index (χ0v) is 13.4. The van der Waals surface area contributed by atoms with Crippen LogP contribution in [0.15, 0.2) is 18.2 Å². The molecule has 0 aromatic heterocycles. The number of methoxy groups -OCH3 is 1. The van der Waals surface area contributed by atoms with E-state index in [1.807, 2.05) is 11.8 Å². The molecule has 0 unspecified atom stereocenters. The molecule has 1 aromatic carbocycles. The summed E-state index contributed by atoms with van der Waals surface area (Å²) in [6.45, 7) is 3.41. The Hall–Kier alpha value is -2.31. The van der Waals surface area contributed by atoms with Crippen molar-refractivity contribution >= 4 is 23.4 Å². The number of benzene rings is 1. The monoisotopic (exact) mass is 323 g/mol. The fourth-order valence-electron chi connectivity index (χ4n) is 2.56. The van der Waals surface area contributed by atoms with Crippen LogP contribution in [0.4, 0.5) is 20.6 Å². The fourth-order valence-corrected chi connectivity index (χ4v) is 2.56. The van der Waals surface area contributed by atoms with Crippen molar-refractivity contribution in [3.63, 3.8) is 0 Å². The van der Waals surface area contributed by atoms with Crippen LogP contribution >= 0.6 is 0 Å². The van der Waals surface area contributed by atoms with Gasteiger partial charge >= 0.3 is 12.0 Å². The second-order valence-corrected chi connectivity index (χ2v) is 5.37. The van der Waals surface area contributed by atoms with Gasteiger partial charge in [0.2, 0.25) is 0 Å². The van der Waals surface area contributed by atoms with E-state index in [-0.39, 0.29) is 6.03 Å². The first kappa shape index (κ1) is 17.1. The molecule has 7 heteroatoms. The molecule has 1 saturated heterocycles. The van der Waals surface area contributed by atoms with Crippen LogP contribution in [-0.4, -0.2) is 44.9 Å². The molecular weight excluding hydrogens is 301 g/mol. The van der Waals surface area contributed by atoms with Crippen molar-refractivity contribution in [3.05, 3.63) is 23.8 Å². The number of alkyl halides is 1. The van der Waals surface area contributed by atoms with E-state index in [2.05, 4.69) is 10.6 Å². The number of amides is 2. The number of ether oxygens (including phenoxy) is 1. The van der Waals surface area contributed by atoms with Gasteiger partial charge in [-0.15, -0.1) is 0 Å². The van der Waals surface area contributed by atoms with E-state index in [1.165, 1.54) is 7.11 Å². The van der Waals surface area contributed by atoms with Gasteiger partial charge in [-0.3, -0.25) is 0 Å². The highest BCUT2D eigenvalue weighted by Crippen LogP contribution is 2.30. The maximum atomic E-state index is 13.4. The maximum absolute atomic E-state index is 13.4. The second kappa shape index (κ2) is 7.80. The van der Waals surface area contributed by atoms with Gasteiger partial charge in [0, 0.05) is 19.6 Å². The van der Waals surface area contributed by atoms with Crippen molar-refractivity contribution in [2.45, 2.75) is 25.9 Å². The third kappa shape index (κ3) is 4.34. The summed E-state index contributed by atoms with van der Waals surface area (Å²) in [5.74, 6) is -0.448. The molecule has 0 aliphatic carbocycles. The van der Waals surface area contributed by atoms with E-state index in [1.54, 1.807) is 18.2 Å². The van der Waals surface area contributed by atoms with E-state index in [0.29, 0.717) is 49.4 Å². The van der Waals surface area contributed by atoms with Crippen LogP contribution < -0.4 is 15.5 Å². The first-order valence-corrected chi connectivity index (χ1v) is 7.71. The molecule has 0 spiro atoms. The first-order chi connectivity index (χ1) is 11.0. The number of rotatable bonds is 4. The lowest BCUT2D eigenvalue weighted by Gasteiger charge is -2.32. The Morgan fingerprint density at radius 1 is 1.35 bits per heavy atom. The summed E-state index contributed by atoms with van der Waals surface area (Å²) < 4.78 is 18.1. The summed E-state index contributed by atoms with van der Waals surface area (Å²) in [6.07, 6.45) is 0.0707. The van der Waals surface area contributed by atoms with Gasteiger partial charge in [-0.1, -0.05) is 0 Å². The van der Waals surface area contributed by atoms with Crippen LogP contribution in [0.25, 0.3) is 0 Å². The minimum Gasteiger partial charge on any atom is -0.465 e. The second-order valence-electron chi connectivity index (χ2n) is 5.37. The van der Waals surface area contributed by atoms with Crippen molar-refractivity contribution in [2.24, 2.45) is 0 Å². The molecule has 1 aliphatic rings. The molecule has 2 N–H and O–H groups in total. The number of nitrogens with zero attached hydrogens (tertiary/aromatic N) is 1. The molecule has 0 saturated carbocycles. The molecule has 2 amide bonds. The van der Waals surface area contributed by atoms with Gasteiger partial charge in [0.05, 0.1) is 24.0 Å². The highest BCUT2D eigenvalue weighted by molar-refractivity contribution is 5.97. The lowest BCUT2D eigenvalue weighted by atomic mass is 10.1. The minimum absolute atomic E-state index is 0.319. The van der Waals surface area contributed by atoms with Crippen LogP contribution in [0.5, 0.6) is 0 Å². The van der Waals surface area contributed by atoms with Crippen molar-refractivity contribution in [1.29, 1.82) is 0 Å². The molecule has 0 bridgehead atoms. The molecule has 1 aromatic rings. The standard InChI is InChI=1S/C16H22FN3O3/c1-3-18-16(22)19-13-5-4-11(15(21)23-2)10-14(13)20-8-6-12(17)7-9-20/h4-5,10,12H,3,6-9H2,1-2H3,(H2,18,19,22). The highest BCUT2D eigenvalue weighted by Gasteiger charge is 2.22. The summed E-state index contributed by atoms with van der Waals surface area (Å²) >= 11 is 0. The van der Waals surface area contributed by atoms with Crippen LogP contribution in [0, 0.1) is 0 Å². The normalized spacial score (nSPS) is 15.2. The summed E-state index contributed by atoms with van der Waals surface area (Å²) in [4.78, 5) is 25.5. The third-order valence-corrected chi connectivity index (χ3v) is 3.77. The van der Waals surface area contributed by atoms with Crippen molar-refractivity contribution in [1.82, 2.24) is 5.32 Å². The SMILES string of the molecule is CCNC(=O)Nc1ccc(C(=O)OC)cc1N1CCC(F)CC1. The van der Waals surface area contributed by atoms with Gasteiger partial charge in [-0.05, 0) is 38.0 Å². The van der Waals surface area contributed by atoms with Crippen LogP contribution in [0.3, 0.4) is 0 Å². The number of carbonyl (C=O) groups excluding carboxylic acids is 2. The first-order valence-electron chi connectivity index (χ1n) is 7.71. The lowest BCUT2D eigenvalue weighted by molar-refractivity contribution is 0.0600. The molecule has 23 heavy (non-hydrogen) atoms. The summed E-state index contributed by atoms with van der Waals surface area (Å²) in [7, 11) is 1.32. The van der Waals surface area contributed by atoms with E-state index >= 15 is 0 Å². The number of hydrogen-bond acceptors (Lipinski definition) is 4. The van der Waals surface area contributed by atoms with E-state index in [9.17, 15) is 14.0 Å². The predicted molar refractivity (Wildman–Crippen MR) is 86.8 cm³/mol. The molecule has 126 valence electrons. The van der Waals surface area contributed by atoms with E-state index < -0.39 is 12.1 Å². The number of halogens is 1. The molecule has 1 aliphatic heterocycles. The number of urea groups is 1. The summed E-state index contributed by atoms with van der Waals surface area (Å²) in [6, 6.07) is 4.61. The number of nitrogens with one attached hydrogen (secondary N) is 2. The molecule has 1 fully saturated rings. The summed E-state index contributed by atoms with van der Waals surface area (Å²) in [5, 5.41) is 5.43. The van der Waals surface area contributed by atoms with Crippen LogP contribution in [0.1, 0.15) is 30.1 Å². The zero-order chi connectivity index (χ0) is 16.8. The van der Waals surface area contributed by atoms with Crippen molar-refractivity contribution in [3.8, 4) is 0 Å². The van der Waals surface area contributed by atoms with Crippen LogP contribution in [0.2, 0.25) is 0 Å². The Morgan fingerprint density at radius 2 is 2.04 bits per heavy atom. The average molecular weight is 323 g/mol. The minimum atomic E-state index is -0.796. The smallest absolute Gasteiger partial charge is 0.337 e. The number of piperidine rings is 1. The topological polar surface area (TPSA) is 70.7 Å². The number of esters is 1. The molecule has 6 nitrogen and oxygen atoms in total. The van der Waals surface area contributed by atoms with Crippen molar-refractivity contribution < 1.29 is 18.7 Å². The Bertz CT molecular complexity index is 572. The molecule has 1 heterocycles. The Balaban J connectivity index is 2.29. The van der Waals surface area contributed by atoms with Gasteiger partial charge in [-0.2, -0.15) is 0 Å². The van der Waals surface area contributed by atoms with Gasteiger partial charge < -0.3 is 20.3 Å². The predicted octanol–water partition coefficient (Wildman–Crippen LogP) is 2.55. The Morgan fingerprint density at radius 3 is 2.65 bits per heavy atom. The van der Waals surface area contributed by atoms with Crippen LogP contribution in [-0.2, 0) is 4.74 Å². The largest absolute Gasteiger partial charge is 0.465 e. The quantitative estimate of drug-likeness (QED) is 0.836. The van der Waals surface area contributed by atoms with Gasteiger partial charge in [0.1, 0.15) is 6.17 Å². The average Bonchev–Trinajstić information content (AvgIpc) is 2.55. The molecule has 0 radical (unpaired) electrons. The van der Waals surface area contributed by atoms with Gasteiger partial charge in [-0.25, -0.2) is 14.0 Å². The molecule has 0 atom stereocenters. The van der Waals surface area contributed by atoms with Gasteiger partial charge in [0.25, 0.3) is 0 Å². The third-order valence-electron chi connectivity index (χ3n) is 3.77. The summed E-state index contributed by atoms with van der Waals surface area (Å²) in [5.41, 5.74) is 1.68. The molecule has 2 rings (SSSR count). The Labute approximate surface area is 135 Å². The number of carbonyl (C=O) groups is 2. The zero-order valence-electron chi connectivity index (χ0n) is 13.4. The van der Waals surface area contributed by atoms with E-state index in [4.69, 9.17) is 4.74 Å².